The molecule has 3 aromatic carbocycles. The number of ether oxygens (including phenoxy) is 6. The minimum atomic E-state index is -4.26. The number of nitro benzene ring substituents is 1. The van der Waals surface area contributed by atoms with Gasteiger partial charge in [0.1, 0.15) is 37.8 Å². The molecule has 0 bridgehead atoms. The first kappa shape index (κ1) is 57.0. The van der Waals surface area contributed by atoms with Crippen molar-refractivity contribution < 1.29 is 77.4 Å². The molecule has 21 heteroatoms. The van der Waals surface area contributed by atoms with Crippen LogP contribution in [-0.2, 0) is 56.7 Å². The van der Waals surface area contributed by atoms with Gasteiger partial charge in [0.15, 0.2) is 0 Å². The Hall–Kier alpha value is -7.12. The number of rotatable bonds is 11. The topological polar surface area (TPSA) is 253 Å². The first-order valence-corrected chi connectivity index (χ1v) is 21.7. The molecular weight excluding hydrogens is 949 g/mol. The molecule has 366 valence electrons. The summed E-state index contributed by atoms with van der Waals surface area (Å²) in [7, 11) is -3.09. The summed E-state index contributed by atoms with van der Waals surface area (Å²) >= 11 is 0. The first-order valence-electron chi connectivity index (χ1n) is 20.3. The van der Waals surface area contributed by atoms with Gasteiger partial charge in [-0.15, -0.1) is 17.8 Å². The maximum Gasteiger partial charge on any atom is 2.00 e. The van der Waals surface area contributed by atoms with Crippen LogP contribution in [0.3, 0.4) is 0 Å². The molecular formula is C47H53N5NiO14S. The van der Waals surface area contributed by atoms with Crippen molar-refractivity contribution in [1.82, 2.24) is 15.3 Å². The second-order valence-corrected chi connectivity index (χ2v) is 18.4. The van der Waals surface area contributed by atoms with Crippen LogP contribution in [0, 0.1) is 16.2 Å². The van der Waals surface area contributed by atoms with Gasteiger partial charge in [0, 0.05) is 24.7 Å². The van der Waals surface area contributed by atoms with Crippen molar-refractivity contribution in [2.75, 3.05) is 7.11 Å². The summed E-state index contributed by atoms with van der Waals surface area (Å²) in [6, 6.07) is 26.9. The number of sulfonamides is 1. The van der Waals surface area contributed by atoms with Crippen LogP contribution >= 0.6 is 0 Å². The second kappa shape index (κ2) is 25.7. The predicted octanol–water partition coefficient (Wildman–Crippen LogP) is 9.85. The van der Waals surface area contributed by atoms with E-state index in [0.717, 1.165) is 6.07 Å². The van der Waals surface area contributed by atoms with Crippen LogP contribution in [0.2, 0.25) is 0 Å². The third-order valence-electron chi connectivity index (χ3n) is 7.67. The van der Waals surface area contributed by atoms with Crippen molar-refractivity contribution in [3.63, 3.8) is 0 Å². The number of para-hydroxylation sites is 1. The summed E-state index contributed by atoms with van der Waals surface area (Å²) in [5.74, 6) is -1.10. The molecule has 5 aromatic rings. The molecule has 2 aromatic heterocycles. The smallest absolute Gasteiger partial charge is 0.572 e. The van der Waals surface area contributed by atoms with Crippen molar-refractivity contribution in [2.45, 2.75) is 96.5 Å². The van der Waals surface area contributed by atoms with Crippen molar-refractivity contribution in [3.05, 3.63) is 142 Å². The monoisotopic (exact) mass is 1000 g/mol. The Bertz CT molecular complexity index is 2540. The predicted molar refractivity (Wildman–Crippen MR) is 245 cm³/mol. The van der Waals surface area contributed by atoms with Crippen LogP contribution in [0.1, 0.15) is 67.9 Å². The molecule has 1 atom stereocenters. The molecule has 19 nitrogen and oxygen atoms in total. The number of carbonyl (C=O) groups is 4. The number of nitrogens with one attached hydrogen (secondary N) is 1. The van der Waals surface area contributed by atoms with Crippen LogP contribution in [0.4, 0.5) is 25.8 Å². The van der Waals surface area contributed by atoms with Gasteiger partial charge in [-0.1, -0.05) is 48.5 Å². The van der Waals surface area contributed by atoms with Gasteiger partial charge in [0.05, 0.1) is 29.2 Å². The minimum Gasteiger partial charge on any atom is -0.572 e. The van der Waals surface area contributed by atoms with E-state index in [4.69, 9.17) is 28.4 Å². The van der Waals surface area contributed by atoms with E-state index in [1.165, 1.54) is 43.5 Å². The zero-order valence-corrected chi connectivity index (χ0v) is 40.8. The summed E-state index contributed by atoms with van der Waals surface area (Å²) in [6.07, 6.45) is 2.07. The maximum absolute atomic E-state index is 12.6. The molecule has 68 heavy (non-hydrogen) atoms. The van der Waals surface area contributed by atoms with Crippen LogP contribution in [0.5, 0.6) is 11.5 Å². The Morgan fingerprint density at radius 2 is 1.29 bits per heavy atom. The SMILES string of the molecule is COC(=O)[C@H](Cc1[c-]cc(OC(=O)OC(C)(C)C)c(OC(=O)OC(C)(C)C)c1)NC(=O)OC(C)(C)C.O=[N+]([O-])c1ccccc1S(=O)(=O)[N-]c1ccccc1-c1ccccn1.[Ni+2].c1ccncc1. The van der Waals surface area contributed by atoms with Gasteiger partial charge in [0.2, 0.25) is 0 Å². The molecule has 1 amide bonds. The van der Waals surface area contributed by atoms with Crippen molar-refractivity contribution in [2.24, 2.45) is 0 Å². The van der Waals surface area contributed by atoms with Gasteiger partial charge in [-0.05, 0) is 105 Å². The fourth-order valence-electron chi connectivity index (χ4n) is 5.11. The number of nitrogens with zero attached hydrogens (tertiary/aromatic N) is 4. The molecule has 0 saturated carbocycles. The Balaban J connectivity index is 0.000000425. The number of aromatic nitrogens is 2. The molecule has 2 heterocycles. The summed E-state index contributed by atoms with van der Waals surface area (Å²) in [5, 5.41) is 13.5. The molecule has 0 spiro atoms. The van der Waals surface area contributed by atoms with Gasteiger partial charge in [-0.2, -0.15) is 11.6 Å². The number of hydrogen-bond donors (Lipinski definition) is 1. The summed E-state index contributed by atoms with van der Waals surface area (Å²) < 4.78 is 59.8. The van der Waals surface area contributed by atoms with E-state index in [2.05, 4.69) is 26.1 Å². The van der Waals surface area contributed by atoms with Crippen LogP contribution in [-0.4, -0.2) is 77.6 Å². The zero-order chi connectivity index (χ0) is 50.0. The fraction of sp³-hybridized carbons (Fsp3) is 0.319. The number of methoxy groups -OCH3 is 1. The van der Waals surface area contributed by atoms with Gasteiger partial charge >= 0.3 is 40.9 Å². The Morgan fingerprint density at radius 3 is 1.81 bits per heavy atom. The molecule has 0 saturated heterocycles. The third kappa shape index (κ3) is 20.6. The van der Waals surface area contributed by atoms with Gasteiger partial charge < -0.3 is 38.5 Å². The van der Waals surface area contributed by atoms with Crippen LogP contribution < -0.4 is 14.8 Å². The standard InChI is InChI=1S/C25H36NO10.C17H12N3O4S.C5H5N.Ni/c1-23(2,3)34-20(28)26-16(19(27)31-10)13-15-11-12-17(32-21(29)35-24(4,5)6)18(14-15)33-22(30)36-25(7,8)9;21-20(22)16-10-3-4-11-17(16)25(23,24)19-15-9-2-1-7-13(15)14-8-5-6-12-18-14;1-2-4-6-5-3-1;/h12,14,16H,13H2,1-10H3,(H,26,28);1-12H;1-5H;/q2*-1;;+2/t16-;;;/m0.../s1. The maximum atomic E-state index is 12.6. The summed E-state index contributed by atoms with van der Waals surface area (Å²) in [5.41, 5.74) is -1.41. The van der Waals surface area contributed by atoms with Gasteiger partial charge in [-0.3, -0.25) is 20.1 Å². The third-order valence-corrected chi connectivity index (χ3v) is 9.01. The number of hydrogen-bond acceptors (Lipinski definition) is 16. The van der Waals surface area contributed by atoms with E-state index >= 15 is 0 Å². The molecule has 0 aliphatic rings. The molecule has 0 unspecified atom stereocenters. The Kier molecular flexibility index (Phi) is 21.5. The normalized spacial score (nSPS) is 11.4. The van der Waals surface area contributed by atoms with E-state index in [9.17, 15) is 37.7 Å². The molecule has 5 rings (SSSR count). The second-order valence-electron chi connectivity index (χ2n) is 16.8. The first-order chi connectivity index (χ1) is 31.3. The number of pyridine rings is 2. The molecule has 0 aliphatic carbocycles. The van der Waals surface area contributed by atoms with E-state index in [-0.39, 0.29) is 40.1 Å². The number of carbonyl (C=O) groups excluding carboxylic acids is 4. The van der Waals surface area contributed by atoms with Gasteiger partial charge in [0.25, 0.3) is 5.69 Å². The number of benzene rings is 3. The Morgan fingerprint density at radius 1 is 0.750 bits per heavy atom. The van der Waals surface area contributed by atoms with Crippen LogP contribution in [0.15, 0.2) is 121 Å². The van der Waals surface area contributed by atoms with Crippen molar-refractivity contribution in [1.29, 1.82) is 0 Å². The number of amides is 1. The molecule has 1 N–H and O–H groups in total. The zero-order valence-electron chi connectivity index (χ0n) is 39.0. The number of alkyl carbamates (subject to hydrolysis) is 1. The van der Waals surface area contributed by atoms with E-state index in [1.54, 1.807) is 117 Å². The Labute approximate surface area is 405 Å². The molecule has 0 aliphatic heterocycles. The summed E-state index contributed by atoms with van der Waals surface area (Å²) in [6.45, 7) is 15.0. The van der Waals surface area contributed by atoms with E-state index < -0.39 is 72.7 Å². The average Bonchev–Trinajstić information content (AvgIpc) is 3.23. The van der Waals surface area contributed by atoms with Crippen molar-refractivity contribution in [3.8, 4) is 22.8 Å². The molecule has 0 fully saturated rings. The fourth-order valence-corrected chi connectivity index (χ4v) is 6.29. The average molecular weight is 1000 g/mol. The van der Waals surface area contributed by atoms with Gasteiger partial charge in [-0.25, -0.2) is 27.6 Å². The molecule has 0 radical (unpaired) electrons. The quantitative estimate of drug-likeness (QED) is 0.0246. The number of esters is 1. The van der Waals surface area contributed by atoms with Crippen LogP contribution in [0.25, 0.3) is 16.0 Å². The summed E-state index contributed by atoms with van der Waals surface area (Å²) in [4.78, 5) is 66.8. The van der Waals surface area contributed by atoms with E-state index in [1.807, 2.05) is 18.2 Å². The number of nitro groups is 1. The largest absolute Gasteiger partial charge is 2.00 e. The van der Waals surface area contributed by atoms with E-state index in [0.29, 0.717) is 16.8 Å². The van der Waals surface area contributed by atoms with Crippen molar-refractivity contribution >= 4 is 45.8 Å². The minimum absolute atomic E-state index is 0.